The Morgan fingerprint density at radius 3 is 2.67 bits per heavy atom. The summed E-state index contributed by atoms with van der Waals surface area (Å²) in [6.07, 6.45) is 5.48. The van der Waals surface area contributed by atoms with Crippen LogP contribution in [0.2, 0.25) is 0 Å². The van der Waals surface area contributed by atoms with Gasteiger partial charge in [-0.05, 0) is 12.1 Å². The SMILES string of the molecule is Cl.c1ccc(OCCn2ccnc2)cc1. The van der Waals surface area contributed by atoms with Gasteiger partial charge in [-0.3, -0.25) is 0 Å². The van der Waals surface area contributed by atoms with Gasteiger partial charge in [-0.1, -0.05) is 18.2 Å². The molecule has 2 rings (SSSR count). The minimum absolute atomic E-state index is 0. The third-order valence-corrected chi connectivity index (χ3v) is 1.92. The number of hydrogen-bond donors (Lipinski definition) is 0. The lowest BCUT2D eigenvalue weighted by Crippen LogP contribution is -2.06. The van der Waals surface area contributed by atoms with Crippen LogP contribution in [-0.4, -0.2) is 16.2 Å². The third-order valence-electron chi connectivity index (χ3n) is 1.92. The molecule has 0 aliphatic rings. The first kappa shape index (κ1) is 11.6. The van der Waals surface area contributed by atoms with E-state index in [0.717, 1.165) is 12.3 Å². The third kappa shape index (κ3) is 3.64. The maximum absolute atomic E-state index is 5.53. The average molecular weight is 225 g/mol. The smallest absolute Gasteiger partial charge is 0.119 e. The largest absolute Gasteiger partial charge is 0.492 e. The van der Waals surface area contributed by atoms with E-state index < -0.39 is 0 Å². The van der Waals surface area contributed by atoms with Crippen molar-refractivity contribution in [1.29, 1.82) is 0 Å². The molecule has 15 heavy (non-hydrogen) atoms. The molecule has 0 aliphatic heterocycles. The highest BCUT2D eigenvalue weighted by Gasteiger charge is 1.92. The first-order valence-corrected chi connectivity index (χ1v) is 4.59. The number of halogens is 1. The van der Waals surface area contributed by atoms with Crippen LogP contribution in [0.1, 0.15) is 0 Å². The molecule has 3 nitrogen and oxygen atoms in total. The lowest BCUT2D eigenvalue weighted by Gasteiger charge is -2.05. The quantitative estimate of drug-likeness (QED) is 0.798. The van der Waals surface area contributed by atoms with E-state index in [-0.39, 0.29) is 12.4 Å². The highest BCUT2D eigenvalue weighted by Crippen LogP contribution is 2.07. The average Bonchev–Trinajstić information content (AvgIpc) is 2.72. The van der Waals surface area contributed by atoms with Crippen LogP contribution in [-0.2, 0) is 6.54 Å². The van der Waals surface area contributed by atoms with E-state index in [4.69, 9.17) is 4.74 Å². The zero-order chi connectivity index (χ0) is 9.64. The molecule has 0 saturated carbocycles. The number of imidazole rings is 1. The second-order valence-electron chi connectivity index (χ2n) is 2.96. The van der Waals surface area contributed by atoms with Crippen LogP contribution in [0.25, 0.3) is 0 Å². The molecule has 4 heteroatoms. The molecule has 0 atom stereocenters. The Morgan fingerprint density at radius 1 is 1.20 bits per heavy atom. The van der Waals surface area contributed by atoms with Gasteiger partial charge in [-0.2, -0.15) is 0 Å². The molecule has 0 amide bonds. The first-order chi connectivity index (χ1) is 6.95. The van der Waals surface area contributed by atoms with Gasteiger partial charge in [0.25, 0.3) is 0 Å². The molecule has 0 unspecified atom stereocenters. The maximum atomic E-state index is 5.53. The van der Waals surface area contributed by atoms with Crippen molar-refractivity contribution in [1.82, 2.24) is 9.55 Å². The van der Waals surface area contributed by atoms with Crippen LogP contribution >= 0.6 is 12.4 Å². The standard InChI is InChI=1S/C11H12N2O.ClH/c1-2-4-11(5-3-1)14-9-8-13-7-6-12-10-13;/h1-7,10H,8-9H2;1H. The normalized spacial score (nSPS) is 9.33. The molecular formula is C11H13ClN2O. The van der Waals surface area contributed by atoms with Crippen LogP contribution in [0, 0.1) is 0 Å². The Hall–Kier alpha value is -1.48. The topological polar surface area (TPSA) is 27.1 Å². The Bertz CT molecular complexity index is 361. The van der Waals surface area contributed by atoms with Crippen molar-refractivity contribution >= 4 is 12.4 Å². The number of ether oxygens (including phenoxy) is 1. The molecule has 0 N–H and O–H groups in total. The number of para-hydroxylation sites is 1. The van der Waals surface area contributed by atoms with Gasteiger partial charge >= 0.3 is 0 Å². The number of aromatic nitrogens is 2. The summed E-state index contributed by atoms with van der Waals surface area (Å²) in [7, 11) is 0. The van der Waals surface area contributed by atoms with E-state index in [9.17, 15) is 0 Å². The van der Waals surface area contributed by atoms with Gasteiger partial charge in [0.2, 0.25) is 0 Å². The van der Waals surface area contributed by atoms with E-state index in [1.807, 2.05) is 41.1 Å². The van der Waals surface area contributed by atoms with Crippen LogP contribution < -0.4 is 4.74 Å². The molecule has 0 saturated heterocycles. The lowest BCUT2D eigenvalue weighted by molar-refractivity contribution is 0.298. The van der Waals surface area contributed by atoms with Crippen LogP contribution in [0.4, 0.5) is 0 Å². The predicted octanol–water partition coefficient (Wildman–Crippen LogP) is 2.38. The first-order valence-electron chi connectivity index (χ1n) is 4.59. The van der Waals surface area contributed by atoms with Gasteiger partial charge in [-0.25, -0.2) is 4.98 Å². The number of rotatable bonds is 4. The minimum atomic E-state index is 0. The van der Waals surface area contributed by atoms with E-state index in [0.29, 0.717) is 6.61 Å². The van der Waals surface area contributed by atoms with E-state index >= 15 is 0 Å². The molecular weight excluding hydrogens is 212 g/mol. The van der Waals surface area contributed by atoms with Crippen molar-refractivity contribution in [2.24, 2.45) is 0 Å². The van der Waals surface area contributed by atoms with Crippen LogP contribution in [0.15, 0.2) is 49.1 Å². The molecule has 1 aromatic carbocycles. The zero-order valence-electron chi connectivity index (χ0n) is 8.24. The molecule has 0 aliphatic carbocycles. The maximum Gasteiger partial charge on any atom is 0.119 e. The van der Waals surface area contributed by atoms with Crippen LogP contribution in [0.5, 0.6) is 5.75 Å². The summed E-state index contributed by atoms with van der Waals surface area (Å²) in [4.78, 5) is 3.96. The van der Waals surface area contributed by atoms with E-state index in [1.165, 1.54) is 0 Å². The number of nitrogens with zero attached hydrogens (tertiary/aromatic N) is 2. The molecule has 1 heterocycles. The van der Waals surface area contributed by atoms with Crippen molar-refractivity contribution in [2.75, 3.05) is 6.61 Å². The Morgan fingerprint density at radius 2 is 2.00 bits per heavy atom. The molecule has 0 radical (unpaired) electrons. The molecule has 0 spiro atoms. The Kier molecular flexibility index (Phi) is 4.71. The van der Waals surface area contributed by atoms with Crippen molar-refractivity contribution in [3.8, 4) is 5.75 Å². The second kappa shape index (κ2) is 6.09. The molecule has 2 aromatic rings. The van der Waals surface area contributed by atoms with E-state index in [2.05, 4.69) is 4.98 Å². The zero-order valence-corrected chi connectivity index (χ0v) is 9.06. The Balaban J connectivity index is 0.00000112. The molecule has 0 fully saturated rings. The summed E-state index contributed by atoms with van der Waals surface area (Å²) < 4.78 is 7.52. The summed E-state index contributed by atoms with van der Waals surface area (Å²) in [6, 6.07) is 9.81. The fourth-order valence-electron chi connectivity index (χ4n) is 1.20. The fraction of sp³-hybridized carbons (Fsp3) is 0.182. The number of benzene rings is 1. The van der Waals surface area contributed by atoms with Crippen molar-refractivity contribution in [3.05, 3.63) is 49.1 Å². The molecule has 80 valence electrons. The molecule has 1 aromatic heterocycles. The fourth-order valence-corrected chi connectivity index (χ4v) is 1.20. The van der Waals surface area contributed by atoms with Gasteiger partial charge in [-0.15, -0.1) is 12.4 Å². The van der Waals surface area contributed by atoms with Crippen molar-refractivity contribution in [2.45, 2.75) is 6.54 Å². The summed E-state index contributed by atoms with van der Waals surface area (Å²) >= 11 is 0. The minimum Gasteiger partial charge on any atom is -0.492 e. The predicted molar refractivity (Wildman–Crippen MR) is 61.4 cm³/mol. The van der Waals surface area contributed by atoms with Crippen LogP contribution in [0.3, 0.4) is 0 Å². The van der Waals surface area contributed by atoms with Gasteiger partial charge < -0.3 is 9.30 Å². The van der Waals surface area contributed by atoms with Crippen molar-refractivity contribution < 1.29 is 4.74 Å². The second-order valence-corrected chi connectivity index (χ2v) is 2.96. The summed E-state index contributed by atoms with van der Waals surface area (Å²) in [6.45, 7) is 1.50. The monoisotopic (exact) mass is 224 g/mol. The van der Waals surface area contributed by atoms with Gasteiger partial charge in [0.1, 0.15) is 12.4 Å². The molecule has 0 bridgehead atoms. The summed E-state index contributed by atoms with van der Waals surface area (Å²) in [5.41, 5.74) is 0. The van der Waals surface area contributed by atoms with Gasteiger partial charge in [0.15, 0.2) is 0 Å². The van der Waals surface area contributed by atoms with E-state index in [1.54, 1.807) is 12.5 Å². The van der Waals surface area contributed by atoms with Gasteiger partial charge in [0.05, 0.1) is 12.9 Å². The lowest BCUT2D eigenvalue weighted by atomic mass is 10.3. The Labute approximate surface area is 95.1 Å². The summed E-state index contributed by atoms with van der Waals surface area (Å²) in [5.74, 6) is 0.910. The number of hydrogen-bond acceptors (Lipinski definition) is 2. The van der Waals surface area contributed by atoms with Gasteiger partial charge in [0, 0.05) is 12.4 Å². The van der Waals surface area contributed by atoms with Crippen molar-refractivity contribution in [3.63, 3.8) is 0 Å². The summed E-state index contributed by atoms with van der Waals surface area (Å²) in [5, 5.41) is 0. The highest BCUT2D eigenvalue weighted by atomic mass is 35.5. The highest BCUT2D eigenvalue weighted by molar-refractivity contribution is 5.85.